The van der Waals surface area contributed by atoms with Crippen LogP contribution in [-0.4, -0.2) is 52.4 Å². The van der Waals surface area contributed by atoms with Crippen LogP contribution in [0.15, 0.2) is 15.8 Å². The van der Waals surface area contributed by atoms with Gasteiger partial charge < -0.3 is 18.9 Å². The maximum Gasteiger partial charge on any atom is 0.328 e. The molecule has 0 amide bonds. The number of carbonyl (C=O) groups excluding carboxylic acids is 3. The Labute approximate surface area is 184 Å². The van der Waals surface area contributed by atoms with Crippen molar-refractivity contribution in [1.82, 2.24) is 9.55 Å². The van der Waals surface area contributed by atoms with Crippen LogP contribution in [0.1, 0.15) is 70.6 Å². The Hall–Kier alpha value is -2.95. The number of nitrogens with one attached hydrogen (secondary N) is 1. The van der Waals surface area contributed by atoms with Crippen LogP contribution < -0.4 is 11.2 Å². The van der Waals surface area contributed by atoms with E-state index >= 15 is 0 Å². The zero-order valence-corrected chi connectivity index (χ0v) is 18.3. The summed E-state index contributed by atoms with van der Waals surface area (Å²) in [5.41, 5.74) is -1.16. The Morgan fingerprint density at radius 2 is 1.62 bits per heavy atom. The smallest absolute Gasteiger partial charge is 0.328 e. The summed E-state index contributed by atoms with van der Waals surface area (Å²) >= 11 is 0. The fourth-order valence-corrected chi connectivity index (χ4v) is 4.30. The van der Waals surface area contributed by atoms with Gasteiger partial charge in [0, 0.05) is 33.0 Å². The molecule has 1 aliphatic carbocycles. The second kappa shape index (κ2) is 10.1. The Kier molecular flexibility index (Phi) is 7.49. The normalized spacial score (nSPS) is 25.8. The molecule has 1 N–H and O–H groups in total. The summed E-state index contributed by atoms with van der Waals surface area (Å²) in [4.78, 5) is 62.3. The second-order valence-corrected chi connectivity index (χ2v) is 8.09. The van der Waals surface area contributed by atoms with Crippen LogP contribution >= 0.6 is 0 Å². The molecule has 11 nitrogen and oxygen atoms in total. The molecule has 0 aromatic carbocycles. The molecule has 176 valence electrons. The van der Waals surface area contributed by atoms with Gasteiger partial charge in [-0.05, 0) is 12.8 Å². The standard InChI is InChI=1S/C21H28N2O9/c1-11(24)29-10-16-18(30-12(2)25)19(31-13(3)26)17(32-16)15-9-23(21(28)22-20(15)27)14-7-5-4-6-8-14/h9,14,16-19H,4-8,10H2,1-3H3,(H,22,27,28)/t16-,17+,18?,19?/m1/s1. The van der Waals surface area contributed by atoms with Gasteiger partial charge in [0.1, 0.15) is 18.8 Å². The first-order valence-electron chi connectivity index (χ1n) is 10.7. The minimum absolute atomic E-state index is 0.0592. The predicted molar refractivity (Wildman–Crippen MR) is 109 cm³/mol. The lowest BCUT2D eigenvalue weighted by Gasteiger charge is -2.26. The van der Waals surface area contributed by atoms with Crippen molar-refractivity contribution in [3.63, 3.8) is 0 Å². The van der Waals surface area contributed by atoms with Crippen molar-refractivity contribution in [1.29, 1.82) is 0 Å². The molecule has 1 saturated carbocycles. The fraction of sp³-hybridized carbons (Fsp3) is 0.667. The van der Waals surface area contributed by atoms with E-state index < -0.39 is 53.6 Å². The third-order valence-electron chi connectivity index (χ3n) is 5.63. The van der Waals surface area contributed by atoms with Crippen molar-refractivity contribution >= 4 is 17.9 Å². The van der Waals surface area contributed by atoms with Crippen molar-refractivity contribution < 1.29 is 33.3 Å². The van der Waals surface area contributed by atoms with E-state index in [2.05, 4.69) is 4.98 Å². The first-order valence-corrected chi connectivity index (χ1v) is 10.7. The number of ether oxygens (including phenoxy) is 4. The maximum absolute atomic E-state index is 12.7. The highest BCUT2D eigenvalue weighted by Gasteiger charge is 2.51. The van der Waals surface area contributed by atoms with Gasteiger partial charge in [-0.15, -0.1) is 0 Å². The van der Waals surface area contributed by atoms with E-state index in [4.69, 9.17) is 18.9 Å². The highest BCUT2D eigenvalue weighted by Crippen LogP contribution is 2.37. The highest BCUT2D eigenvalue weighted by molar-refractivity contribution is 5.68. The lowest BCUT2D eigenvalue weighted by atomic mass is 9.95. The summed E-state index contributed by atoms with van der Waals surface area (Å²) in [6, 6.07) is -0.0680. The summed E-state index contributed by atoms with van der Waals surface area (Å²) in [6.45, 7) is 3.29. The van der Waals surface area contributed by atoms with Crippen LogP contribution in [0.3, 0.4) is 0 Å². The molecule has 2 aliphatic rings. The molecule has 0 radical (unpaired) electrons. The maximum atomic E-state index is 12.7. The van der Waals surface area contributed by atoms with Crippen LogP contribution in [0.2, 0.25) is 0 Å². The molecule has 2 unspecified atom stereocenters. The van der Waals surface area contributed by atoms with E-state index in [0.29, 0.717) is 0 Å². The average molecular weight is 452 g/mol. The Morgan fingerprint density at radius 1 is 1.00 bits per heavy atom. The van der Waals surface area contributed by atoms with Gasteiger partial charge in [0.15, 0.2) is 12.2 Å². The van der Waals surface area contributed by atoms with Gasteiger partial charge in [-0.1, -0.05) is 19.3 Å². The number of rotatable bonds is 6. The SMILES string of the molecule is CC(=O)OC[C@H]1O[C@@H](c2cn(C3CCCCC3)c(=O)[nH]c2=O)C(OC(C)=O)C1OC(C)=O. The summed E-state index contributed by atoms with van der Waals surface area (Å²) in [7, 11) is 0. The lowest BCUT2D eigenvalue weighted by molar-refractivity contribution is -0.165. The van der Waals surface area contributed by atoms with Gasteiger partial charge in [0.05, 0.1) is 5.56 Å². The fourth-order valence-electron chi connectivity index (χ4n) is 4.30. The van der Waals surface area contributed by atoms with E-state index in [1.165, 1.54) is 31.5 Å². The number of carbonyl (C=O) groups is 3. The van der Waals surface area contributed by atoms with E-state index in [-0.39, 0.29) is 18.2 Å². The number of esters is 3. The van der Waals surface area contributed by atoms with Crippen LogP contribution in [0, 0.1) is 0 Å². The molecule has 1 aliphatic heterocycles. The van der Waals surface area contributed by atoms with E-state index in [1.807, 2.05) is 0 Å². The zero-order chi connectivity index (χ0) is 23.4. The van der Waals surface area contributed by atoms with Crippen LogP contribution in [-0.2, 0) is 33.3 Å². The van der Waals surface area contributed by atoms with Crippen molar-refractivity contribution in [2.24, 2.45) is 0 Å². The minimum Gasteiger partial charge on any atom is -0.463 e. The predicted octanol–water partition coefficient (Wildman–Crippen LogP) is 0.908. The van der Waals surface area contributed by atoms with Gasteiger partial charge in [0.25, 0.3) is 5.56 Å². The molecule has 1 saturated heterocycles. The summed E-state index contributed by atoms with van der Waals surface area (Å²) in [6.07, 6.45) is 1.66. The van der Waals surface area contributed by atoms with Crippen LogP contribution in [0.5, 0.6) is 0 Å². The number of hydrogen-bond donors (Lipinski definition) is 1. The molecule has 4 atom stereocenters. The van der Waals surface area contributed by atoms with Crippen molar-refractivity contribution in [2.75, 3.05) is 6.61 Å². The zero-order valence-electron chi connectivity index (χ0n) is 18.3. The molecule has 0 bridgehead atoms. The van der Waals surface area contributed by atoms with E-state index in [0.717, 1.165) is 32.1 Å². The highest BCUT2D eigenvalue weighted by atomic mass is 16.6. The third-order valence-corrected chi connectivity index (χ3v) is 5.63. The molecular formula is C21H28N2O9. The molecule has 2 heterocycles. The number of aromatic nitrogens is 2. The molecular weight excluding hydrogens is 424 g/mol. The molecule has 1 aromatic rings. The molecule has 2 fully saturated rings. The molecule has 1 aromatic heterocycles. The van der Waals surface area contributed by atoms with Crippen molar-refractivity contribution in [2.45, 2.75) is 83.3 Å². The van der Waals surface area contributed by atoms with Crippen molar-refractivity contribution in [3.05, 3.63) is 32.6 Å². The molecule has 32 heavy (non-hydrogen) atoms. The van der Waals surface area contributed by atoms with Gasteiger partial charge >= 0.3 is 23.6 Å². The Bertz CT molecular complexity index is 976. The largest absolute Gasteiger partial charge is 0.463 e. The number of aromatic amines is 1. The second-order valence-electron chi connectivity index (χ2n) is 8.09. The summed E-state index contributed by atoms with van der Waals surface area (Å²) in [5.74, 6) is -1.91. The quantitative estimate of drug-likeness (QED) is 0.492. The van der Waals surface area contributed by atoms with Crippen LogP contribution in [0.4, 0.5) is 0 Å². The van der Waals surface area contributed by atoms with E-state index in [9.17, 15) is 24.0 Å². The first-order chi connectivity index (χ1) is 15.2. The molecule has 3 rings (SSSR count). The van der Waals surface area contributed by atoms with Gasteiger partial charge in [-0.25, -0.2) is 4.79 Å². The van der Waals surface area contributed by atoms with Gasteiger partial charge in [0.2, 0.25) is 0 Å². The number of H-pyrrole nitrogens is 1. The van der Waals surface area contributed by atoms with E-state index in [1.54, 1.807) is 0 Å². The number of nitrogens with zero attached hydrogens (tertiary/aromatic N) is 1. The topological polar surface area (TPSA) is 143 Å². The summed E-state index contributed by atoms with van der Waals surface area (Å²) in [5, 5.41) is 0. The third kappa shape index (κ3) is 5.45. The van der Waals surface area contributed by atoms with Crippen molar-refractivity contribution in [3.8, 4) is 0 Å². The monoisotopic (exact) mass is 452 g/mol. The Balaban J connectivity index is 2.01. The minimum atomic E-state index is -1.17. The average Bonchev–Trinajstić information content (AvgIpc) is 3.03. The first kappa shape index (κ1) is 23.7. The van der Waals surface area contributed by atoms with Gasteiger partial charge in [-0.2, -0.15) is 0 Å². The van der Waals surface area contributed by atoms with Crippen LogP contribution in [0.25, 0.3) is 0 Å². The summed E-state index contributed by atoms with van der Waals surface area (Å²) < 4.78 is 23.1. The molecule has 0 spiro atoms. The Morgan fingerprint density at radius 3 is 2.22 bits per heavy atom. The van der Waals surface area contributed by atoms with Gasteiger partial charge in [-0.3, -0.25) is 28.7 Å². The molecule has 11 heteroatoms. The lowest BCUT2D eigenvalue weighted by Crippen LogP contribution is -2.41. The number of hydrogen-bond acceptors (Lipinski definition) is 9.